The van der Waals surface area contributed by atoms with Gasteiger partial charge in [0, 0.05) is 13.1 Å². The fraction of sp³-hybridized carbons (Fsp3) is 0.579. The molecule has 1 aromatic carbocycles. The predicted molar refractivity (Wildman–Crippen MR) is 104 cm³/mol. The van der Waals surface area contributed by atoms with Crippen LogP contribution in [0.25, 0.3) is 0 Å². The van der Waals surface area contributed by atoms with Gasteiger partial charge in [-0.2, -0.15) is 0 Å². The molecule has 30 heavy (non-hydrogen) atoms. The summed E-state index contributed by atoms with van der Waals surface area (Å²) in [6.45, 7) is -0.341. The highest BCUT2D eigenvalue weighted by Crippen LogP contribution is 2.63. The zero-order valence-corrected chi connectivity index (χ0v) is 16.3. The van der Waals surface area contributed by atoms with Gasteiger partial charge in [-0.1, -0.05) is 18.3 Å². The Hall–Kier alpha value is -2.34. The van der Waals surface area contributed by atoms with Gasteiger partial charge in [0.1, 0.15) is 17.4 Å². The molecule has 11 heteroatoms. The molecule has 4 N–H and O–H groups in total. The zero-order chi connectivity index (χ0) is 21.0. The van der Waals surface area contributed by atoms with Crippen LogP contribution < -0.4 is 14.7 Å². The second-order valence-electron chi connectivity index (χ2n) is 8.49. The molecule has 3 atom stereocenters. The molecule has 10 nitrogen and oxygen atoms in total. The molecule has 1 unspecified atom stereocenters. The van der Waals surface area contributed by atoms with Crippen molar-refractivity contribution in [1.82, 2.24) is 10.2 Å². The van der Waals surface area contributed by atoms with Gasteiger partial charge in [-0.3, -0.25) is 4.79 Å². The van der Waals surface area contributed by atoms with E-state index in [-0.39, 0.29) is 46.9 Å². The van der Waals surface area contributed by atoms with Crippen molar-refractivity contribution in [1.29, 1.82) is 0 Å². The summed E-state index contributed by atoms with van der Waals surface area (Å²) in [6, 6.07) is 3.31. The lowest BCUT2D eigenvalue weighted by molar-refractivity contribution is -0.143. The van der Waals surface area contributed by atoms with Gasteiger partial charge < -0.3 is 39.5 Å². The number of nitrogens with zero attached hydrogens (tertiary/aromatic N) is 1. The van der Waals surface area contributed by atoms with Crippen molar-refractivity contribution in [2.45, 2.75) is 36.8 Å². The summed E-state index contributed by atoms with van der Waals surface area (Å²) in [5, 5.41) is 33.1. The number of ether oxygens (including phenoxy) is 2. The fourth-order valence-electron chi connectivity index (χ4n) is 4.58. The molecule has 4 aliphatic rings. The maximum Gasteiger partial charge on any atom is 0.434 e. The number of carbonyl (C=O) groups excluding carboxylic acids is 1. The van der Waals surface area contributed by atoms with E-state index in [2.05, 4.69) is 5.32 Å². The first kappa shape index (κ1) is 19.6. The number of carbonyl (C=O) groups is 2. The summed E-state index contributed by atoms with van der Waals surface area (Å²) in [5.74, 6) is -1.71. The first-order valence-electron chi connectivity index (χ1n) is 10.3. The van der Waals surface area contributed by atoms with Gasteiger partial charge in [0.25, 0.3) is 0 Å². The Kier molecular flexibility index (Phi) is 4.66. The van der Waals surface area contributed by atoms with Gasteiger partial charge in [-0.15, -0.1) is 0 Å². The minimum absolute atomic E-state index is 0.0244. The van der Waals surface area contributed by atoms with E-state index in [0.29, 0.717) is 44.6 Å². The maximum atomic E-state index is 12.4. The van der Waals surface area contributed by atoms with Crippen LogP contribution in [-0.4, -0.2) is 83.7 Å². The lowest BCUT2D eigenvalue weighted by atomic mass is 9.68. The van der Waals surface area contributed by atoms with Gasteiger partial charge in [0.2, 0.25) is 5.91 Å². The van der Waals surface area contributed by atoms with Crippen molar-refractivity contribution in [2.24, 2.45) is 0 Å². The third-order valence-electron chi connectivity index (χ3n) is 6.35. The maximum absolute atomic E-state index is 12.4. The van der Waals surface area contributed by atoms with Crippen LogP contribution in [0, 0.1) is 0 Å². The van der Waals surface area contributed by atoms with Crippen molar-refractivity contribution >= 4 is 18.6 Å². The van der Waals surface area contributed by atoms with Crippen LogP contribution in [-0.2, 0) is 9.53 Å². The van der Waals surface area contributed by atoms with Crippen LogP contribution in [0.2, 0.25) is 5.82 Å². The van der Waals surface area contributed by atoms with Gasteiger partial charge >= 0.3 is 12.7 Å². The molecule has 0 spiro atoms. The number of rotatable bonds is 5. The van der Waals surface area contributed by atoms with E-state index in [0.717, 1.165) is 6.54 Å². The fourth-order valence-corrected chi connectivity index (χ4v) is 4.58. The molecular formula is C19H24BN2O8-. The van der Waals surface area contributed by atoms with Crippen molar-refractivity contribution in [3.63, 3.8) is 0 Å². The Labute approximate surface area is 172 Å². The lowest BCUT2D eigenvalue weighted by Gasteiger charge is -2.41. The lowest BCUT2D eigenvalue weighted by Crippen LogP contribution is -2.57. The van der Waals surface area contributed by atoms with E-state index in [1.54, 1.807) is 17.0 Å². The van der Waals surface area contributed by atoms with Gasteiger partial charge in [0.05, 0.1) is 38.0 Å². The largest absolute Gasteiger partial charge is 0.669 e. The average Bonchev–Trinajstić information content (AvgIpc) is 3.46. The quantitative estimate of drug-likeness (QED) is 0.467. The molecule has 3 aliphatic heterocycles. The smallest absolute Gasteiger partial charge is 0.434 e. The third-order valence-corrected chi connectivity index (χ3v) is 6.35. The van der Waals surface area contributed by atoms with E-state index < -0.39 is 12.7 Å². The number of carboxylic acid groups (broad SMARTS) is 1. The summed E-state index contributed by atoms with van der Waals surface area (Å²) in [7, 11) is 0. The first-order chi connectivity index (χ1) is 14.3. The number of nitrogens with one attached hydrogen (secondary N) is 1. The molecule has 2 saturated heterocycles. The van der Waals surface area contributed by atoms with Gasteiger partial charge in [-0.25, -0.2) is 4.79 Å². The van der Waals surface area contributed by atoms with Crippen LogP contribution in [0.5, 0.6) is 11.5 Å². The van der Waals surface area contributed by atoms with E-state index in [1.807, 2.05) is 0 Å². The molecule has 1 saturated carbocycles. The number of likely N-dealkylation sites (tertiary alicyclic amines) is 1. The topological polar surface area (TPSA) is 138 Å². The highest BCUT2D eigenvalue weighted by molar-refractivity contribution is 6.62. The number of morpholine rings is 1. The van der Waals surface area contributed by atoms with E-state index in [9.17, 15) is 24.7 Å². The summed E-state index contributed by atoms with van der Waals surface area (Å²) >= 11 is 0. The van der Waals surface area contributed by atoms with Crippen molar-refractivity contribution in [3.8, 4) is 11.5 Å². The molecule has 1 aromatic rings. The van der Waals surface area contributed by atoms with Gasteiger partial charge in [-0.05, 0) is 17.5 Å². The minimum Gasteiger partial charge on any atom is -0.669 e. The van der Waals surface area contributed by atoms with E-state index in [4.69, 9.17) is 14.1 Å². The molecule has 162 valence electrons. The molecule has 5 rings (SSSR count). The minimum atomic E-state index is -3.08. The second kappa shape index (κ2) is 7.12. The molecular weight excluding hydrogens is 395 g/mol. The first-order valence-corrected chi connectivity index (χ1v) is 10.3. The summed E-state index contributed by atoms with van der Waals surface area (Å²) in [5.41, 5.74) is 0.454. The molecule has 0 bridgehead atoms. The highest BCUT2D eigenvalue weighted by atomic mass is 16.6. The Morgan fingerprint density at radius 1 is 1.30 bits per heavy atom. The number of hydrogen-bond donors (Lipinski definition) is 4. The molecule has 3 heterocycles. The van der Waals surface area contributed by atoms with Crippen LogP contribution >= 0.6 is 0 Å². The molecule has 1 amide bonds. The predicted octanol–water partition coefficient (Wildman–Crippen LogP) is -0.474. The Morgan fingerprint density at radius 2 is 2.10 bits per heavy atom. The summed E-state index contributed by atoms with van der Waals surface area (Å²) < 4.78 is 16.7. The monoisotopic (exact) mass is 419 g/mol. The number of amides is 1. The van der Waals surface area contributed by atoms with Crippen molar-refractivity contribution in [2.75, 3.05) is 32.8 Å². The van der Waals surface area contributed by atoms with Crippen molar-refractivity contribution in [3.05, 3.63) is 23.3 Å². The molecule has 1 aliphatic carbocycles. The highest BCUT2D eigenvalue weighted by Gasteiger charge is 2.55. The number of carboxylic acids is 1. The van der Waals surface area contributed by atoms with Crippen LogP contribution in [0.1, 0.15) is 34.7 Å². The normalized spacial score (nSPS) is 29.1. The third kappa shape index (κ3) is 3.41. The second-order valence-corrected chi connectivity index (χ2v) is 8.49. The average molecular weight is 419 g/mol. The zero-order valence-electron chi connectivity index (χ0n) is 16.3. The van der Waals surface area contributed by atoms with Gasteiger partial charge in [0.15, 0.2) is 0 Å². The SMILES string of the molecule is O=C(O)c1c(OC2CN(C(=O)C[C@@H]3CNCCO3)C2)ccc2c1O[B-](O)(O)[C@@H]1CC21. The van der Waals surface area contributed by atoms with Crippen molar-refractivity contribution < 1.29 is 38.9 Å². The summed E-state index contributed by atoms with van der Waals surface area (Å²) in [6.07, 6.45) is 0.380. The Bertz CT molecular complexity index is 882. The number of hydrogen-bond acceptors (Lipinski definition) is 8. The number of aromatic carboxylic acids is 1. The molecule has 0 radical (unpaired) electrons. The Balaban J connectivity index is 1.25. The molecule has 0 aromatic heterocycles. The van der Waals surface area contributed by atoms with E-state index in [1.165, 1.54) is 0 Å². The standard InChI is InChI=1S/C19H24BN2O8/c23-16(5-10-7-21-3-4-28-10)22-8-11(9-22)29-15-2-1-12-13-6-14(13)20(26,27)30-18(12)17(15)19(24)25/h1-2,10-11,13-14,21,26-27H,3-9H2,(H,24,25)/q-1/t10-,13?,14-/m1/s1. The number of fused-ring (bicyclic) bond motifs is 3. The van der Waals surface area contributed by atoms with Crippen LogP contribution in [0.15, 0.2) is 12.1 Å². The molecule has 3 fully saturated rings. The van der Waals surface area contributed by atoms with E-state index >= 15 is 0 Å². The number of benzene rings is 1. The Morgan fingerprint density at radius 3 is 2.80 bits per heavy atom. The summed E-state index contributed by atoms with van der Waals surface area (Å²) in [4.78, 5) is 25.9. The van der Waals surface area contributed by atoms with Crippen LogP contribution in [0.3, 0.4) is 0 Å². The van der Waals surface area contributed by atoms with Crippen LogP contribution in [0.4, 0.5) is 0 Å².